The fraction of sp³-hybridized carbons (Fsp3) is 0.273. The number of nitriles is 1. The minimum atomic E-state index is -3.94. The predicted octanol–water partition coefficient (Wildman–Crippen LogP) is 1.08. The molecular formula is C11H11NO5S. The van der Waals surface area contributed by atoms with E-state index >= 15 is 0 Å². The van der Waals surface area contributed by atoms with E-state index in [9.17, 15) is 13.2 Å². The molecule has 1 unspecified atom stereocenters. The summed E-state index contributed by atoms with van der Waals surface area (Å²) in [5.41, 5.74) is -0.181. The molecule has 0 spiro atoms. The van der Waals surface area contributed by atoms with Crippen LogP contribution in [0.15, 0.2) is 23.1 Å². The molecule has 1 aromatic rings. The predicted molar refractivity (Wildman–Crippen MR) is 62.2 cm³/mol. The molecule has 0 aliphatic carbocycles. The van der Waals surface area contributed by atoms with Gasteiger partial charge in [0.15, 0.2) is 9.84 Å². The number of sulfone groups is 1. The second kappa shape index (κ2) is 5.06. The number of hydrogen-bond acceptors (Lipinski definition) is 5. The third-order valence-corrected chi connectivity index (χ3v) is 4.33. The highest BCUT2D eigenvalue weighted by molar-refractivity contribution is 7.92. The summed E-state index contributed by atoms with van der Waals surface area (Å²) in [5.74, 6) is -1.24. The number of benzene rings is 1. The largest absolute Gasteiger partial charge is 0.495 e. The van der Waals surface area contributed by atoms with Gasteiger partial charge >= 0.3 is 5.97 Å². The van der Waals surface area contributed by atoms with Gasteiger partial charge in [-0.25, -0.2) is 13.2 Å². The van der Waals surface area contributed by atoms with E-state index in [1.807, 2.05) is 0 Å². The summed E-state index contributed by atoms with van der Waals surface area (Å²) in [6.45, 7) is 1.22. The first-order valence-corrected chi connectivity index (χ1v) is 6.44. The molecule has 1 aromatic carbocycles. The molecule has 0 aromatic heterocycles. The summed E-state index contributed by atoms with van der Waals surface area (Å²) in [6, 6.07) is 5.09. The quantitative estimate of drug-likeness (QED) is 0.876. The maximum Gasteiger partial charge on any atom is 0.335 e. The van der Waals surface area contributed by atoms with Crippen molar-refractivity contribution in [3.05, 3.63) is 23.8 Å². The van der Waals surface area contributed by atoms with Gasteiger partial charge in [0.2, 0.25) is 0 Å². The molecule has 0 aliphatic heterocycles. The lowest BCUT2D eigenvalue weighted by atomic mass is 10.2. The zero-order chi connectivity index (χ0) is 13.9. The molecule has 7 heteroatoms. The summed E-state index contributed by atoms with van der Waals surface area (Å²) in [4.78, 5) is 10.5. The third-order valence-electron chi connectivity index (χ3n) is 2.36. The topological polar surface area (TPSA) is 104 Å². The second-order valence-electron chi connectivity index (χ2n) is 3.49. The molecule has 0 saturated heterocycles. The first-order chi connectivity index (χ1) is 8.34. The van der Waals surface area contributed by atoms with Gasteiger partial charge in [0.25, 0.3) is 0 Å². The smallest absolute Gasteiger partial charge is 0.335 e. The standard InChI is InChI=1S/C11H11NO5S/c1-7(6-12)18(15,16)10-5-8(11(13)14)3-4-9(10)17-2/h3-5,7H,1-2H3,(H,13,14). The monoisotopic (exact) mass is 269 g/mol. The molecule has 1 atom stereocenters. The number of rotatable bonds is 4. The summed E-state index contributed by atoms with van der Waals surface area (Å²) in [7, 11) is -2.67. The van der Waals surface area contributed by atoms with Crippen molar-refractivity contribution in [1.29, 1.82) is 5.26 Å². The van der Waals surface area contributed by atoms with Gasteiger partial charge in [0, 0.05) is 0 Å². The minimum Gasteiger partial charge on any atom is -0.495 e. The van der Waals surface area contributed by atoms with Crippen LogP contribution in [-0.2, 0) is 9.84 Å². The van der Waals surface area contributed by atoms with Gasteiger partial charge in [-0.15, -0.1) is 0 Å². The minimum absolute atomic E-state index is 0.0158. The Bertz CT molecular complexity index is 615. The van der Waals surface area contributed by atoms with Crippen molar-refractivity contribution in [1.82, 2.24) is 0 Å². The number of carboxylic acids is 1. The molecule has 1 rings (SSSR count). The van der Waals surface area contributed by atoms with Crippen LogP contribution >= 0.6 is 0 Å². The van der Waals surface area contributed by atoms with E-state index < -0.39 is 21.1 Å². The molecule has 6 nitrogen and oxygen atoms in total. The Hall–Kier alpha value is -2.07. The van der Waals surface area contributed by atoms with Crippen molar-refractivity contribution in [3.63, 3.8) is 0 Å². The van der Waals surface area contributed by atoms with Gasteiger partial charge in [0.1, 0.15) is 15.9 Å². The van der Waals surface area contributed by atoms with Crippen LogP contribution in [0.2, 0.25) is 0 Å². The molecule has 1 N–H and O–H groups in total. The van der Waals surface area contributed by atoms with E-state index in [4.69, 9.17) is 15.1 Å². The molecule has 0 saturated carbocycles. The van der Waals surface area contributed by atoms with Crippen LogP contribution in [0.25, 0.3) is 0 Å². The zero-order valence-electron chi connectivity index (χ0n) is 9.75. The highest BCUT2D eigenvalue weighted by Gasteiger charge is 2.27. The highest BCUT2D eigenvalue weighted by atomic mass is 32.2. The van der Waals surface area contributed by atoms with Gasteiger partial charge in [-0.05, 0) is 25.1 Å². The average Bonchev–Trinajstić information content (AvgIpc) is 2.36. The van der Waals surface area contributed by atoms with Crippen molar-refractivity contribution in [2.24, 2.45) is 0 Å². The fourth-order valence-corrected chi connectivity index (χ4v) is 2.53. The van der Waals surface area contributed by atoms with Crippen LogP contribution in [0.3, 0.4) is 0 Å². The Morgan fingerprint density at radius 3 is 2.56 bits per heavy atom. The second-order valence-corrected chi connectivity index (χ2v) is 5.72. The first-order valence-electron chi connectivity index (χ1n) is 4.89. The SMILES string of the molecule is COc1ccc(C(=O)O)cc1S(=O)(=O)C(C)C#N. The van der Waals surface area contributed by atoms with E-state index in [0.717, 1.165) is 6.07 Å². The van der Waals surface area contributed by atoms with Crippen LogP contribution in [0.4, 0.5) is 0 Å². The van der Waals surface area contributed by atoms with Crippen LogP contribution in [0.1, 0.15) is 17.3 Å². The van der Waals surface area contributed by atoms with Gasteiger partial charge in [0.05, 0.1) is 18.7 Å². The lowest BCUT2D eigenvalue weighted by Gasteiger charge is -2.11. The van der Waals surface area contributed by atoms with Crippen molar-refractivity contribution < 1.29 is 23.1 Å². The Labute approximate surface area is 104 Å². The molecule has 0 fully saturated rings. The summed E-state index contributed by atoms with van der Waals surface area (Å²) >= 11 is 0. The molecule has 0 radical (unpaired) electrons. The van der Waals surface area contributed by atoms with Gasteiger partial charge in [-0.2, -0.15) is 5.26 Å². The number of carbonyl (C=O) groups is 1. The zero-order valence-corrected chi connectivity index (χ0v) is 10.6. The molecule has 0 aliphatic rings. The number of methoxy groups -OCH3 is 1. The molecule has 18 heavy (non-hydrogen) atoms. The molecule has 0 heterocycles. The van der Waals surface area contributed by atoms with Crippen LogP contribution in [0.5, 0.6) is 5.75 Å². The Kier molecular flexibility index (Phi) is 3.93. The van der Waals surface area contributed by atoms with Crippen LogP contribution < -0.4 is 4.74 Å². The molecule has 96 valence electrons. The van der Waals surface area contributed by atoms with Gasteiger partial charge < -0.3 is 9.84 Å². The molecule has 0 bridgehead atoms. The van der Waals surface area contributed by atoms with Crippen LogP contribution in [-0.4, -0.2) is 31.9 Å². The average molecular weight is 269 g/mol. The molecular weight excluding hydrogens is 258 g/mol. The van der Waals surface area contributed by atoms with E-state index in [2.05, 4.69) is 0 Å². The Morgan fingerprint density at radius 1 is 1.50 bits per heavy atom. The normalized spacial score (nSPS) is 12.5. The van der Waals surface area contributed by atoms with Crippen molar-refractivity contribution >= 4 is 15.8 Å². The van der Waals surface area contributed by atoms with E-state index in [-0.39, 0.29) is 16.2 Å². The number of ether oxygens (including phenoxy) is 1. The summed E-state index contributed by atoms with van der Waals surface area (Å²) < 4.78 is 28.9. The third kappa shape index (κ3) is 2.43. The Balaban J connectivity index is 3.52. The molecule has 0 amide bonds. The van der Waals surface area contributed by atoms with Gasteiger partial charge in [-0.1, -0.05) is 0 Å². The highest BCUT2D eigenvalue weighted by Crippen LogP contribution is 2.28. The number of carboxylic acid groups (broad SMARTS) is 1. The van der Waals surface area contributed by atoms with E-state index in [1.165, 1.54) is 26.2 Å². The van der Waals surface area contributed by atoms with Crippen molar-refractivity contribution in [2.45, 2.75) is 17.1 Å². The summed E-state index contributed by atoms with van der Waals surface area (Å²) in [6.07, 6.45) is 0. The van der Waals surface area contributed by atoms with Crippen molar-refractivity contribution in [3.8, 4) is 11.8 Å². The van der Waals surface area contributed by atoms with E-state index in [0.29, 0.717) is 0 Å². The van der Waals surface area contributed by atoms with Gasteiger partial charge in [-0.3, -0.25) is 0 Å². The lowest BCUT2D eigenvalue weighted by molar-refractivity contribution is 0.0696. The number of aromatic carboxylic acids is 1. The first kappa shape index (κ1) is 14.0. The van der Waals surface area contributed by atoms with Crippen LogP contribution in [0, 0.1) is 11.3 Å². The van der Waals surface area contributed by atoms with Crippen molar-refractivity contribution in [2.75, 3.05) is 7.11 Å². The lowest BCUT2D eigenvalue weighted by Crippen LogP contribution is -2.17. The number of hydrogen-bond donors (Lipinski definition) is 1. The van der Waals surface area contributed by atoms with E-state index in [1.54, 1.807) is 6.07 Å². The summed E-state index contributed by atoms with van der Waals surface area (Å²) in [5, 5.41) is 16.2. The fourth-order valence-electron chi connectivity index (χ4n) is 1.29. The maximum absolute atomic E-state index is 12.0. The Morgan fingerprint density at radius 2 is 2.11 bits per heavy atom. The maximum atomic E-state index is 12.0. The number of nitrogens with zero attached hydrogens (tertiary/aromatic N) is 1.